The quantitative estimate of drug-likeness (QED) is 0.734. The Morgan fingerprint density at radius 2 is 2.31 bits per heavy atom. The fourth-order valence-corrected chi connectivity index (χ4v) is 1.90. The van der Waals surface area contributed by atoms with E-state index in [0.29, 0.717) is 10.5 Å². The Bertz CT molecular complexity index is 341. The molecule has 4 heteroatoms. The summed E-state index contributed by atoms with van der Waals surface area (Å²) in [6.07, 6.45) is 0. The van der Waals surface area contributed by atoms with Crippen molar-refractivity contribution in [2.45, 2.75) is 13.0 Å². The number of nitrogens with one attached hydrogen (secondary N) is 2. The summed E-state index contributed by atoms with van der Waals surface area (Å²) in [7, 11) is 0. The molecule has 2 rings (SSSR count). The minimum atomic E-state index is -0.234. The molecule has 1 atom stereocenters. The van der Waals surface area contributed by atoms with E-state index in [1.165, 1.54) is 6.07 Å². The van der Waals surface area contributed by atoms with Gasteiger partial charge in [-0.1, -0.05) is 0 Å². The van der Waals surface area contributed by atoms with E-state index in [2.05, 4.69) is 33.5 Å². The molecule has 0 fully saturated rings. The van der Waals surface area contributed by atoms with Crippen molar-refractivity contribution in [1.29, 1.82) is 0 Å². The van der Waals surface area contributed by atoms with Crippen LogP contribution in [0.5, 0.6) is 0 Å². The highest BCUT2D eigenvalue weighted by molar-refractivity contribution is 9.10. The van der Waals surface area contributed by atoms with Gasteiger partial charge in [0.15, 0.2) is 0 Å². The third kappa shape index (κ3) is 1.50. The van der Waals surface area contributed by atoms with Crippen molar-refractivity contribution in [2.75, 3.05) is 17.2 Å². The number of fused-ring (bicyclic) bond motifs is 1. The molecule has 0 saturated heterocycles. The van der Waals surface area contributed by atoms with Crippen molar-refractivity contribution in [3.8, 4) is 0 Å². The van der Waals surface area contributed by atoms with Crippen molar-refractivity contribution < 1.29 is 4.39 Å². The largest absolute Gasteiger partial charge is 0.380 e. The first kappa shape index (κ1) is 8.81. The fraction of sp³-hybridized carbons (Fsp3) is 0.333. The lowest BCUT2D eigenvalue weighted by Crippen LogP contribution is -2.30. The van der Waals surface area contributed by atoms with E-state index in [0.717, 1.165) is 17.9 Å². The van der Waals surface area contributed by atoms with Crippen LogP contribution in [-0.4, -0.2) is 12.6 Å². The van der Waals surface area contributed by atoms with Crippen molar-refractivity contribution in [3.63, 3.8) is 0 Å². The molecule has 0 radical (unpaired) electrons. The van der Waals surface area contributed by atoms with Crippen molar-refractivity contribution in [2.24, 2.45) is 0 Å². The molecule has 13 heavy (non-hydrogen) atoms. The molecule has 1 aliphatic heterocycles. The minimum absolute atomic E-state index is 0.234. The first-order valence-electron chi connectivity index (χ1n) is 4.17. The minimum Gasteiger partial charge on any atom is -0.380 e. The first-order valence-corrected chi connectivity index (χ1v) is 4.96. The summed E-state index contributed by atoms with van der Waals surface area (Å²) in [5.74, 6) is -0.234. The maximum atomic E-state index is 13.1. The van der Waals surface area contributed by atoms with Gasteiger partial charge in [0, 0.05) is 12.6 Å². The average Bonchev–Trinajstić information content (AvgIpc) is 2.12. The molecule has 1 aromatic rings. The predicted octanol–water partition coefficient (Wildman–Crippen LogP) is 2.81. The zero-order valence-corrected chi connectivity index (χ0v) is 8.78. The van der Waals surface area contributed by atoms with E-state index < -0.39 is 0 Å². The van der Waals surface area contributed by atoms with E-state index >= 15 is 0 Å². The SMILES string of the molecule is CC1CNc2c(ccc(F)c2Br)N1. The molecule has 0 bridgehead atoms. The number of halogens is 2. The van der Waals surface area contributed by atoms with Gasteiger partial charge in [-0.05, 0) is 35.0 Å². The monoisotopic (exact) mass is 244 g/mol. The summed E-state index contributed by atoms with van der Waals surface area (Å²) in [6, 6.07) is 3.58. The molecule has 1 heterocycles. The summed E-state index contributed by atoms with van der Waals surface area (Å²) in [5, 5.41) is 6.44. The van der Waals surface area contributed by atoms with Gasteiger partial charge in [-0.15, -0.1) is 0 Å². The topological polar surface area (TPSA) is 24.1 Å². The normalized spacial score (nSPS) is 20.1. The van der Waals surface area contributed by atoms with Crippen LogP contribution in [0.15, 0.2) is 16.6 Å². The molecule has 2 N–H and O–H groups in total. The predicted molar refractivity (Wildman–Crippen MR) is 55.7 cm³/mol. The average molecular weight is 245 g/mol. The van der Waals surface area contributed by atoms with Crippen molar-refractivity contribution in [3.05, 3.63) is 22.4 Å². The third-order valence-corrected chi connectivity index (χ3v) is 2.86. The van der Waals surface area contributed by atoms with Gasteiger partial charge >= 0.3 is 0 Å². The Kier molecular flexibility index (Phi) is 2.15. The summed E-state index contributed by atoms with van der Waals surface area (Å²) in [4.78, 5) is 0. The van der Waals surface area contributed by atoms with Crippen molar-refractivity contribution >= 4 is 27.3 Å². The van der Waals surface area contributed by atoms with Crippen LogP contribution in [0.1, 0.15) is 6.92 Å². The Labute approximate surface area is 84.7 Å². The van der Waals surface area contributed by atoms with Gasteiger partial charge in [0.05, 0.1) is 15.8 Å². The van der Waals surface area contributed by atoms with Crippen LogP contribution >= 0.6 is 15.9 Å². The third-order valence-electron chi connectivity index (χ3n) is 2.08. The van der Waals surface area contributed by atoms with Crippen LogP contribution in [0, 0.1) is 5.82 Å². The summed E-state index contributed by atoms with van der Waals surface area (Å²) in [6.45, 7) is 2.89. The van der Waals surface area contributed by atoms with Gasteiger partial charge in [-0.3, -0.25) is 0 Å². The number of benzene rings is 1. The molecular weight excluding hydrogens is 235 g/mol. The molecule has 0 aromatic heterocycles. The van der Waals surface area contributed by atoms with Crippen LogP contribution in [0.2, 0.25) is 0 Å². The van der Waals surface area contributed by atoms with Gasteiger partial charge in [-0.2, -0.15) is 0 Å². The van der Waals surface area contributed by atoms with Gasteiger partial charge < -0.3 is 10.6 Å². The Hall–Kier alpha value is -0.770. The molecule has 0 saturated carbocycles. The van der Waals surface area contributed by atoms with E-state index in [9.17, 15) is 4.39 Å². The second kappa shape index (κ2) is 3.18. The van der Waals surface area contributed by atoms with Gasteiger partial charge in [-0.25, -0.2) is 4.39 Å². The zero-order chi connectivity index (χ0) is 9.42. The first-order chi connectivity index (χ1) is 6.18. The van der Waals surface area contributed by atoms with E-state index in [-0.39, 0.29) is 5.82 Å². The lowest BCUT2D eigenvalue weighted by Gasteiger charge is -2.26. The van der Waals surface area contributed by atoms with Crippen LogP contribution in [-0.2, 0) is 0 Å². The highest BCUT2D eigenvalue weighted by atomic mass is 79.9. The standard InChI is InChI=1S/C9H10BrFN2/c1-5-4-12-9-7(13-5)3-2-6(11)8(9)10/h2-3,5,12-13H,4H2,1H3. The van der Waals surface area contributed by atoms with Crippen LogP contribution in [0.25, 0.3) is 0 Å². The highest BCUT2D eigenvalue weighted by Gasteiger charge is 2.17. The number of hydrogen-bond acceptors (Lipinski definition) is 2. The number of hydrogen-bond donors (Lipinski definition) is 2. The van der Waals surface area contributed by atoms with E-state index in [4.69, 9.17) is 0 Å². The molecular formula is C9H10BrFN2. The molecule has 0 spiro atoms. The molecule has 70 valence electrons. The Morgan fingerprint density at radius 3 is 3.08 bits per heavy atom. The van der Waals surface area contributed by atoms with Gasteiger partial charge in [0.2, 0.25) is 0 Å². The maximum Gasteiger partial charge on any atom is 0.139 e. The second-order valence-electron chi connectivity index (χ2n) is 3.21. The number of anilines is 2. The highest BCUT2D eigenvalue weighted by Crippen LogP contribution is 2.35. The number of rotatable bonds is 0. The van der Waals surface area contributed by atoms with Gasteiger partial charge in [0.25, 0.3) is 0 Å². The lowest BCUT2D eigenvalue weighted by molar-refractivity contribution is 0.620. The summed E-state index contributed by atoms with van der Waals surface area (Å²) < 4.78 is 13.6. The molecule has 2 nitrogen and oxygen atoms in total. The molecule has 0 amide bonds. The van der Waals surface area contributed by atoms with E-state index in [1.807, 2.05) is 0 Å². The van der Waals surface area contributed by atoms with Crippen LogP contribution < -0.4 is 10.6 Å². The molecule has 0 aliphatic carbocycles. The Morgan fingerprint density at radius 1 is 1.54 bits per heavy atom. The molecule has 1 aromatic carbocycles. The smallest absolute Gasteiger partial charge is 0.139 e. The Balaban J connectivity index is 2.47. The fourth-order valence-electron chi connectivity index (χ4n) is 1.42. The van der Waals surface area contributed by atoms with Crippen LogP contribution in [0.3, 0.4) is 0 Å². The zero-order valence-electron chi connectivity index (χ0n) is 7.20. The van der Waals surface area contributed by atoms with E-state index in [1.54, 1.807) is 6.07 Å². The molecule has 1 unspecified atom stereocenters. The van der Waals surface area contributed by atoms with Crippen LogP contribution in [0.4, 0.5) is 15.8 Å². The van der Waals surface area contributed by atoms with Crippen molar-refractivity contribution in [1.82, 2.24) is 0 Å². The lowest BCUT2D eigenvalue weighted by atomic mass is 10.2. The summed E-state index contributed by atoms with van der Waals surface area (Å²) >= 11 is 3.21. The molecule has 1 aliphatic rings. The maximum absolute atomic E-state index is 13.1. The van der Waals surface area contributed by atoms with Gasteiger partial charge in [0.1, 0.15) is 5.82 Å². The summed E-state index contributed by atoms with van der Waals surface area (Å²) in [5.41, 5.74) is 1.77. The second-order valence-corrected chi connectivity index (χ2v) is 4.00.